The zero-order chi connectivity index (χ0) is 31.5. The van der Waals surface area contributed by atoms with E-state index in [4.69, 9.17) is 4.74 Å². The first-order chi connectivity index (χ1) is 20.9. The van der Waals surface area contributed by atoms with Gasteiger partial charge in [-0.25, -0.2) is 13.6 Å². The number of hydrogen-bond acceptors (Lipinski definition) is 5. The minimum Gasteiger partial charge on any atom is -0.444 e. The Labute approximate surface area is 260 Å². The Balaban J connectivity index is 1.49. The zero-order valence-electron chi connectivity index (χ0n) is 26.7. The quantitative estimate of drug-likeness (QED) is 0.335. The van der Waals surface area contributed by atoms with Crippen LogP contribution in [0.3, 0.4) is 0 Å². The van der Waals surface area contributed by atoms with Crippen LogP contribution in [0.5, 0.6) is 0 Å². The first-order valence-electron chi connectivity index (χ1n) is 16.4. The lowest BCUT2D eigenvalue weighted by Crippen LogP contribution is -2.50. The number of halogens is 2. The largest absolute Gasteiger partial charge is 0.444 e. The van der Waals surface area contributed by atoms with Crippen LogP contribution >= 0.6 is 0 Å². The highest BCUT2D eigenvalue weighted by molar-refractivity contribution is 6.03. The lowest BCUT2D eigenvalue weighted by atomic mass is 9.73. The molecule has 0 radical (unpaired) electrons. The van der Waals surface area contributed by atoms with Gasteiger partial charge in [-0.1, -0.05) is 38.5 Å². The van der Waals surface area contributed by atoms with Crippen molar-refractivity contribution in [3.8, 4) is 11.3 Å². The smallest absolute Gasteiger partial charge is 0.408 e. The minimum absolute atomic E-state index is 0.0943. The third-order valence-corrected chi connectivity index (χ3v) is 9.51. The van der Waals surface area contributed by atoms with E-state index >= 15 is 0 Å². The second-order valence-corrected chi connectivity index (χ2v) is 14.4. The molecule has 1 aromatic heterocycles. The lowest BCUT2D eigenvalue weighted by Gasteiger charge is -2.38. The summed E-state index contributed by atoms with van der Waals surface area (Å²) >= 11 is 0. The van der Waals surface area contributed by atoms with E-state index in [1.54, 1.807) is 12.3 Å². The van der Waals surface area contributed by atoms with Crippen LogP contribution in [0.15, 0.2) is 30.5 Å². The van der Waals surface area contributed by atoms with Gasteiger partial charge in [0.15, 0.2) is 0 Å². The van der Waals surface area contributed by atoms with Crippen LogP contribution in [0.2, 0.25) is 0 Å². The fourth-order valence-electron chi connectivity index (χ4n) is 7.50. The van der Waals surface area contributed by atoms with Gasteiger partial charge in [-0.2, -0.15) is 0 Å². The number of carbonyl (C=O) groups excluding carboxylic acids is 2. The summed E-state index contributed by atoms with van der Waals surface area (Å²) in [6, 6.07) is 5.13. The SMILES string of the molecule is CC(C)(C)OC(=O)N[C@@]1(C)CCN(c2c(C(=O)NC(C3CCCCC3)C3CCCCC3)ccnc2-c2cc(F)cc(F)c2)C1. The number of alkyl carbamates (subject to hydrolysis) is 1. The molecule has 2 saturated carbocycles. The Morgan fingerprint density at radius 3 is 2.14 bits per heavy atom. The van der Waals surface area contributed by atoms with Crippen LogP contribution in [0.4, 0.5) is 19.3 Å². The number of anilines is 1. The highest BCUT2D eigenvalue weighted by atomic mass is 19.1. The molecule has 44 heavy (non-hydrogen) atoms. The number of aromatic nitrogens is 1. The number of carbonyl (C=O) groups is 2. The van der Waals surface area contributed by atoms with E-state index in [1.165, 1.54) is 50.7 Å². The van der Waals surface area contributed by atoms with Crippen molar-refractivity contribution >= 4 is 17.7 Å². The topological polar surface area (TPSA) is 83.6 Å². The van der Waals surface area contributed by atoms with E-state index in [9.17, 15) is 18.4 Å². The van der Waals surface area contributed by atoms with E-state index in [-0.39, 0.29) is 17.5 Å². The molecule has 5 rings (SSSR count). The number of rotatable bonds is 7. The Hall–Kier alpha value is -3.23. The van der Waals surface area contributed by atoms with Crippen LogP contribution in [0.1, 0.15) is 109 Å². The number of benzene rings is 1. The molecule has 7 nitrogen and oxygen atoms in total. The molecule has 2 amide bonds. The molecule has 2 aromatic rings. The van der Waals surface area contributed by atoms with Crippen molar-refractivity contribution in [3.05, 3.63) is 47.7 Å². The maximum Gasteiger partial charge on any atom is 0.408 e. The van der Waals surface area contributed by atoms with Crippen molar-refractivity contribution in [1.29, 1.82) is 0 Å². The van der Waals surface area contributed by atoms with Crippen molar-refractivity contribution < 1.29 is 23.1 Å². The Morgan fingerprint density at radius 1 is 0.977 bits per heavy atom. The van der Waals surface area contributed by atoms with Crippen molar-refractivity contribution in [1.82, 2.24) is 15.6 Å². The molecule has 1 saturated heterocycles. The molecule has 2 aliphatic carbocycles. The van der Waals surface area contributed by atoms with Crippen LogP contribution in [0, 0.1) is 23.5 Å². The predicted molar refractivity (Wildman–Crippen MR) is 169 cm³/mol. The normalized spacial score (nSPS) is 21.8. The number of amides is 2. The summed E-state index contributed by atoms with van der Waals surface area (Å²) in [5.74, 6) is -0.711. The average molecular weight is 611 g/mol. The first kappa shape index (κ1) is 32.2. The molecule has 3 aliphatic rings. The molecule has 3 fully saturated rings. The monoisotopic (exact) mass is 610 g/mol. The van der Waals surface area contributed by atoms with Gasteiger partial charge < -0.3 is 20.3 Å². The Morgan fingerprint density at radius 2 is 1.57 bits per heavy atom. The van der Waals surface area contributed by atoms with Crippen molar-refractivity contribution in [2.24, 2.45) is 11.8 Å². The summed E-state index contributed by atoms with van der Waals surface area (Å²) in [5, 5.41) is 6.50. The summed E-state index contributed by atoms with van der Waals surface area (Å²) in [5.41, 5.74) is 0.258. The van der Waals surface area contributed by atoms with E-state index in [2.05, 4.69) is 15.6 Å². The fraction of sp³-hybridized carbons (Fsp3) is 0.629. The van der Waals surface area contributed by atoms with Gasteiger partial charge in [0.1, 0.15) is 17.2 Å². The molecule has 2 N–H and O–H groups in total. The summed E-state index contributed by atoms with van der Waals surface area (Å²) in [4.78, 5) is 33.6. The number of pyridine rings is 1. The molecular weight excluding hydrogens is 562 g/mol. The van der Waals surface area contributed by atoms with Gasteiger partial charge in [0.2, 0.25) is 0 Å². The van der Waals surface area contributed by atoms with E-state index in [1.807, 2.05) is 32.6 Å². The maximum atomic E-state index is 14.4. The average Bonchev–Trinajstić information content (AvgIpc) is 3.35. The highest BCUT2D eigenvalue weighted by Gasteiger charge is 2.40. The molecule has 0 bridgehead atoms. The Bertz CT molecular complexity index is 1300. The third-order valence-electron chi connectivity index (χ3n) is 9.51. The second kappa shape index (κ2) is 13.4. The van der Waals surface area contributed by atoms with Crippen molar-refractivity contribution in [3.63, 3.8) is 0 Å². The standard InChI is InChI=1S/C35H48F2N4O3/c1-34(2,3)44-33(43)40-35(4)16-18-41(22-35)31-28(15-17-38-30(31)25-19-26(36)21-27(37)20-25)32(42)39-29(23-11-7-5-8-12-23)24-13-9-6-10-14-24/h15,17,19-21,23-24,29H,5-14,16,18,22H2,1-4H3,(H,39,42)(H,40,43)/t35-/m0/s1. The van der Waals surface area contributed by atoms with Gasteiger partial charge in [-0.15, -0.1) is 0 Å². The fourth-order valence-corrected chi connectivity index (χ4v) is 7.50. The molecule has 2 heterocycles. The van der Waals surface area contributed by atoms with Gasteiger partial charge >= 0.3 is 6.09 Å². The Kier molecular flexibility index (Phi) is 9.80. The van der Waals surface area contributed by atoms with Gasteiger partial charge in [-0.05, 0) is 89.8 Å². The highest BCUT2D eigenvalue weighted by Crippen LogP contribution is 2.39. The lowest BCUT2D eigenvalue weighted by molar-refractivity contribution is 0.0473. The second-order valence-electron chi connectivity index (χ2n) is 14.4. The minimum atomic E-state index is -0.713. The first-order valence-corrected chi connectivity index (χ1v) is 16.4. The summed E-state index contributed by atoms with van der Waals surface area (Å²) in [6.07, 6.45) is 13.4. The van der Waals surface area contributed by atoms with E-state index < -0.39 is 28.9 Å². The van der Waals surface area contributed by atoms with E-state index in [0.29, 0.717) is 48.3 Å². The van der Waals surface area contributed by atoms with Crippen molar-refractivity contribution in [2.45, 2.75) is 116 Å². The predicted octanol–water partition coefficient (Wildman–Crippen LogP) is 7.78. The van der Waals surface area contributed by atoms with Crippen LogP contribution in [0.25, 0.3) is 11.3 Å². The van der Waals surface area contributed by atoms with Gasteiger partial charge in [-0.3, -0.25) is 9.78 Å². The number of hydrogen-bond donors (Lipinski definition) is 2. The molecule has 1 aliphatic heterocycles. The van der Waals surface area contributed by atoms with Crippen LogP contribution in [-0.2, 0) is 4.74 Å². The van der Waals surface area contributed by atoms with E-state index in [0.717, 1.165) is 31.7 Å². The van der Waals surface area contributed by atoms with Gasteiger partial charge in [0.05, 0.1) is 22.5 Å². The van der Waals surface area contributed by atoms with Gasteiger partial charge in [0.25, 0.3) is 5.91 Å². The van der Waals surface area contributed by atoms with Crippen LogP contribution < -0.4 is 15.5 Å². The zero-order valence-corrected chi connectivity index (χ0v) is 26.7. The maximum absolute atomic E-state index is 14.4. The summed E-state index contributed by atoms with van der Waals surface area (Å²) in [6.45, 7) is 8.27. The molecule has 0 unspecified atom stereocenters. The molecule has 1 atom stereocenters. The third kappa shape index (κ3) is 7.88. The molecular formula is C35H48F2N4O3. The van der Waals surface area contributed by atoms with Gasteiger partial charge in [0, 0.05) is 37.0 Å². The number of nitrogens with zero attached hydrogens (tertiary/aromatic N) is 2. The van der Waals surface area contributed by atoms with Crippen LogP contribution in [-0.4, -0.2) is 47.3 Å². The molecule has 9 heteroatoms. The summed E-state index contributed by atoms with van der Waals surface area (Å²) in [7, 11) is 0. The number of ether oxygens (including phenoxy) is 1. The molecule has 240 valence electrons. The van der Waals surface area contributed by atoms with Crippen molar-refractivity contribution in [2.75, 3.05) is 18.0 Å². The summed E-state index contributed by atoms with van der Waals surface area (Å²) < 4.78 is 34.4. The molecule has 1 aromatic carbocycles. The molecule has 0 spiro atoms. The number of nitrogens with one attached hydrogen (secondary N) is 2.